The number of ether oxygens (including phenoxy) is 1. The van der Waals surface area contributed by atoms with Crippen molar-refractivity contribution < 1.29 is 14.3 Å². The minimum absolute atomic E-state index is 0.194. The normalized spacial score (nSPS) is 16.0. The average molecular weight is 390 g/mol. The molecule has 0 saturated carbocycles. The number of benzene rings is 1. The number of anilines is 1. The van der Waals surface area contributed by atoms with Crippen LogP contribution in [0.3, 0.4) is 0 Å². The van der Waals surface area contributed by atoms with Crippen molar-refractivity contribution in [3.8, 4) is 0 Å². The molecule has 1 aliphatic carbocycles. The topological polar surface area (TPSA) is 55.4 Å². The Kier molecular flexibility index (Phi) is 6.04. The molecule has 1 aromatic carbocycles. The molecule has 1 amide bonds. The van der Waals surface area contributed by atoms with Gasteiger partial charge in [0, 0.05) is 15.3 Å². The highest BCUT2D eigenvalue weighted by molar-refractivity contribution is 7.99. The first-order valence-electron chi connectivity index (χ1n) is 8.80. The van der Waals surface area contributed by atoms with Crippen LogP contribution >= 0.6 is 23.1 Å². The number of carbonyl (C=O) groups is 2. The van der Waals surface area contributed by atoms with Gasteiger partial charge in [-0.2, -0.15) is 0 Å². The minimum atomic E-state index is -0.373. The molecule has 1 heterocycles. The molecule has 3 rings (SSSR count). The molecule has 4 nitrogen and oxygen atoms in total. The Hall–Kier alpha value is -1.79. The number of hydrogen-bond acceptors (Lipinski definition) is 5. The van der Waals surface area contributed by atoms with Gasteiger partial charge in [0.2, 0.25) is 0 Å². The highest BCUT2D eigenvalue weighted by Gasteiger charge is 2.29. The van der Waals surface area contributed by atoms with Gasteiger partial charge >= 0.3 is 5.97 Å². The molecule has 2 aromatic rings. The van der Waals surface area contributed by atoms with Crippen LogP contribution in [0.25, 0.3) is 0 Å². The van der Waals surface area contributed by atoms with Crippen LogP contribution in [0.15, 0.2) is 29.2 Å². The number of fused-ring (bicyclic) bond motifs is 1. The summed E-state index contributed by atoms with van der Waals surface area (Å²) in [5.74, 6) is 0.980. The van der Waals surface area contributed by atoms with E-state index < -0.39 is 0 Å². The summed E-state index contributed by atoms with van der Waals surface area (Å²) in [7, 11) is 1.38. The zero-order valence-electron chi connectivity index (χ0n) is 15.3. The maximum Gasteiger partial charge on any atom is 0.341 e. The van der Waals surface area contributed by atoms with Gasteiger partial charge in [0.1, 0.15) is 5.00 Å². The molecule has 0 bridgehead atoms. The van der Waals surface area contributed by atoms with Crippen LogP contribution in [0.5, 0.6) is 0 Å². The van der Waals surface area contributed by atoms with Crippen molar-refractivity contribution in [3.05, 3.63) is 45.8 Å². The maximum atomic E-state index is 12.7. The van der Waals surface area contributed by atoms with Crippen LogP contribution in [0.2, 0.25) is 0 Å². The third-order valence-electron chi connectivity index (χ3n) is 4.54. The molecular weight excluding hydrogens is 366 g/mol. The number of amides is 1. The van der Waals surface area contributed by atoms with Gasteiger partial charge in [-0.15, -0.1) is 23.1 Å². The van der Waals surface area contributed by atoms with Crippen molar-refractivity contribution in [1.82, 2.24) is 0 Å². The number of hydrogen-bond donors (Lipinski definition) is 1. The van der Waals surface area contributed by atoms with E-state index in [0.717, 1.165) is 35.5 Å². The Morgan fingerprint density at radius 2 is 2.19 bits per heavy atom. The minimum Gasteiger partial charge on any atom is -0.465 e. The van der Waals surface area contributed by atoms with Gasteiger partial charge in [-0.25, -0.2) is 4.79 Å². The van der Waals surface area contributed by atoms with E-state index in [1.807, 2.05) is 18.2 Å². The highest BCUT2D eigenvalue weighted by Crippen LogP contribution is 2.40. The molecule has 138 valence electrons. The number of carbonyl (C=O) groups excluding carboxylic acids is 2. The van der Waals surface area contributed by atoms with Gasteiger partial charge in [0.25, 0.3) is 5.91 Å². The van der Waals surface area contributed by atoms with Gasteiger partial charge in [0.05, 0.1) is 12.7 Å². The summed E-state index contributed by atoms with van der Waals surface area (Å²) < 4.78 is 4.98. The summed E-state index contributed by atoms with van der Waals surface area (Å²) in [5.41, 5.74) is 2.18. The van der Waals surface area contributed by atoms with Crippen LogP contribution in [0, 0.1) is 5.92 Å². The van der Waals surface area contributed by atoms with E-state index in [1.54, 1.807) is 17.8 Å². The van der Waals surface area contributed by atoms with E-state index in [9.17, 15) is 9.59 Å². The lowest BCUT2D eigenvalue weighted by molar-refractivity contribution is 0.0601. The molecule has 0 fully saturated rings. The van der Waals surface area contributed by atoms with E-state index in [0.29, 0.717) is 22.0 Å². The summed E-state index contributed by atoms with van der Waals surface area (Å²) in [6.45, 7) is 4.30. The first-order valence-corrected chi connectivity index (χ1v) is 10.6. The van der Waals surface area contributed by atoms with Gasteiger partial charge < -0.3 is 10.1 Å². The first kappa shape index (κ1) is 19.0. The maximum absolute atomic E-state index is 12.7. The summed E-state index contributed by atoms with van der Waals surface area (Å²) in [6, 6.07) is 7.56. The van der Waals surface area contributed by atoms with E-state index in [2.05, 4.69) is 19.2 Å². The Bertz CT molecular complexity index is 828. The number of nitrogens with one attached hydrogen (secondary N) is 1. The fraction of sp³-hybridized carbons (Fsp3) is 0.400. The lowest BCUT2D eigenvalue weighted by Crippen LogP contribution is -2.16. The Morgan fingerprint density at radius 1 is 1.38 bits per heavy atom. The third kappa shape index (κ3) is 3.96. The van der Waals surface area contributed by atoms with Crippen molar-refractivity contribution in [2.45, 2.75) is 38.0 Å². The largest absolute Gasteiger partial charge is 0.465 e. The molecule has 0 radical (unpaired) electrons. The number of thioether (sulfide) groups is 1. The second-order valence-electron chi connectivity index (χ2n) is 6.46. The second kappa shape index (κ2) is 8.27. The zero-order valence-corrected chi connectivity index (χ0v) is 16.9. The molecular formula is C20H23NO3S2. The molecule has 1 aromatic heterocycles. The van der Waals surface area contributed by atoms with Crippen LogP contribution in [0.1, 0.15) is 51.4 Å². The summed E-state index contributed by atoms with van der Waals surface area (Å²) in [5, 5.41) is 3.56. The third-order valence-corrected chi connectivity index (χ3v) is 6.58. The number of thiophene rings is 1. The fourth-order valence-corrected chi connectivity index (χ4v) is 5.34. The Balaban J connectivity index is 1.90. The summed E-state index contributed by atoms with van der Waals surface area (Å²) in [6.07, 6.45) is 2.86. The van der Waals surface area contributed by atoms with E-state index in [1.165, 1.54) is 23.3 Å². The lowest BCUT2D eigenvalue weighted by Gasteiger charge is -2.18. The van der Waals surface area contributed by atoms with Crippen molar-refractivity contribution in [1.29, 1.82) is 0 Å². The van der Waals surface area contributed by atoms with Crippen LogP contribution in [0.4, 0.5) is 5.00 Å². The van der Waals surface area contributed by atoms with Gasteiger partial charge in [-0.1, -0.05) is 19.9 Å². The Labute approximate surface area is 162 Å². The fourth-order valence-electron chi connectivity index (χ4n) is 3.23. The SMILES string of the molecule is CCSc1cccc(C(=O)Nc2sc3c(c2C(=O)OC)CCC(C)C3)c1. The monoisotopic (exact) mass is 389 g/mol. The predicted molar refractivity (Wildman–Crippen MR) is 108 cm³/mol. The van der Waals surface area contributed by atoms with Gasteiger partial charge in [0.15, 0.2) is 0 Å². The van der Waals surface area contributed by atoms with Crippen LogP contribution in [-0.4, -0.2) is 24.7 Å². The highest BCUT2D eigenvalue weighted by atomic mass is 32.2. The molecule has 1 atom stereocenters. The molecule has 1 N–H and O–H groups in total. The summed E-state index contributed by atoms with van der Waals surface area (Å²) in [4.78, 5) is 27.3. The van der Waals surface area contributed by atoms with Crippen molar-refractivity contribution in [3.63, 3.8) is 0 Å². The van der Waals surface area contributed by atoms with Gasteiger partial charge in [-0.3, -0.25) is 4.79 Å². The van der Waals surface area contributed by atoms with Crippen molar-refractivity contribution in [2.24, 2.45) is 5.92 Å². The number of methoxy groups -OCH3 is 1. The van der Waals surface area contributed by atoms with E-state index in [4.69, 9.17) is 4.74 Å². The second-order valence-corrected chi connectivity index (χ2v) is 8.91. The quantitative estimate of drug-likeness (QED) is 0.576. The molecule has 1 aliphatic rings. The first-order chi connectivity index (χ1) is 12.5. The van der Waals surface area contributed by atoms with Crippen molar-refractivity contribution in [2.75, 3.05) is 18.2 Å². The molecule has 6 heteroatoms. The number of esters is 1. The Morgan fingerprint density at radius 3 is 2.92 bits per heavy atom. The average Bonchev–Trinajstić information content (AvgIpc) is 2.98. The predicted octanol–water partition coefficient (Wildman–Crippen LogP) is 5.02. The zero-order chi connectivity index (χ0) is 18.7. The summed E-state index contributed by atoms with van der Waals surface area (Å²) >= 11 is 3.20. The lowest BCUT2D eigenvalue weighted by atomic mass is 9.88. The molecule has 0 saturated heterocycles. The van der Waals surface area contributed by atoms with Crippen LogP contribution < -0.4 is 5.32 Å². The smallest absolute Gasteiger partial charge is 0.341 e. The standard InChI is InChI=1S/C20H23NO3S2/c1-4-25-14-7-5-6-13(11-14)18(22)21-19-17(20(23)24-3)15-9-8-12(2)10-16(15)26-19/h5-7,11-12H,4,8-10H2,1-3H3,(H,21,22). The van der Waals surface area contributed by atoms with E-state index >= 15 is 0 Å². The van der Waals surface area contributed by atoms with Gasteiger partial charge in [-0.05, 0) is 54.7 Å². The van der Waals surface area contributed by atoms with Crippen molar-refractivity contribution >= 4 is 40.0 Å². The van der Waals surface area contributed by atoms with E-state index in [-0.39, 0.29) is 11.9 Å². The number of rotatable bonds is 5. The molecule has 1 unspecified atom stereocenters. The molecule has 0 spiro atoms. The molecule has 26 heavy (non-hydrogen) atoms. The molecule has 0 aliphatic heterocycles. The van der Waals surface area contributed by atoms with Crippen LogP contribution in [-0.2, 0) is 17.6 Å².